The van der Waals surface area contributed by atoms with Gasteiger partial charge in [-0.25, -0.2) is 0 Å². The summed E-state index contributed by atoms with van der Waals surface area (Å²) in [4.78, 5) is 26.3. The highest BCUT2D eigenvalue weighted by Crippen LogP contribution is 2.30. The summed E-state index contributed by atoms with van der Waals surface area (Å²) >= 11 is 0. The zero-order valence-electron chi connectivity index (χ0n) is 18.0. The summed E-state index contributed by atoms with van der Waals surface area (Å²) in [7, 11) is 2.90. The van der Waals surface area contributed by atoms with E-state index in [1.807, 2.05) is 0 Å². The maximum Gasteiger partial charge on any atom is 0.416 e. The van der Waals surface area contributed by atoms with E-state index in [4.69, 9.17) is 9.47 Å². The second-order valence-electron chi connectivity index (χ2n) is 7.18. The van der Waals surface area contributed by atoms with Crippen molar-refractivity contribution < 1.29 is 27.4 Å². The van der Waals surface area contributed by atoms with Crippen molar-refractivity contribution in [2.24, 2.45) is 0 Å². The van der Waals surface area contributed by atoms with E-state index in [0.29, 0.717) is 16.9 Å². The van der Waals surface area contributed by atoms with Gasteiger partial charge in [-0.3, -0.25) is 9.59 Å². The maximum absolute atomic E-state index is 13.2. The van der Waals surface area contributed by atoms with E-state index in [9.17, 15) is 22.8 Å². The third kappa shape index (κ3) is 4.29. The highest BCUT2D eigenvalue weighted by Gasteiger charge is 2.30. The highest BCUT2D eigenvalue weighted by molar-refractivity contribution is 6.11. The number of hydrogen-bond donors (Lipinski definition) is 1. The molecule has 0 aliphatic rings. The number of anilines is 1. The molecule has 1 N–H and O–H groups in total. The average molecular weight is 469 g/mol. The zero-order valence-corrected chi connectivity index (χ0v) is 18.0. The number of nitrogens with zero attached hydrogens (tertiary/aromatic N) is 2. The minimum absolute atomic E-state index is 0.0898. The van der Waals surface area contributed by atoms with Crippen molar-refractivity contribution >= 4 is 22.4 Å². The number of halogens is 3. The van der Waals surface area contributed by atoms with E-state index in [0.717, 1.165) is 28.9 Å². The monoisotopic (exact) mass is 469 g/mol. The van der Waals surface area contributed by atoms with Crippen molar-refractivity contribution in [1.29, 1.82) is 0 Å². The van der Waals surface area contributed by atoms with Gasteiger partial charge in [-0.15, -0.1) is 0 Å². The van der Waals surface area contributed by atoms with Gasteiger partial charge in [-0.2, -0.15) is 23.0 Å². The van der Waals surface area contributed by atoms with E-state index < -0.39 is 23.2 Å². The summed E-state index contributed by atoms with van der Waals surface area (Å²) in [6, 6.07) is 15.2. The Morgan fingerprint density at radius 3 is 2.24 bits per heavy atom. The lowest BCUT2D eigenvalue weighted by Crippen LogP contribution is -2.27. The smallest absolute Gasteiger partial charge is 0.416 e. The molecule has 0 aliphatic heterocycles. The molecule has 10 heteroatoms. The van der Waals surface area contributed by atoms with E-state index >= 15 is 0 Å². The van der Waals surface area contributed by atoms with Crippen LogP contribution in [0.15, 0.2) is 71.5 Å². The van der Waals surface area contributed by atoms with Crippen LogP contribution in [0.2, 0.25) is 0 Å². The van der Waals surface area contributed by atoms with Gasteiger partial charge >= 0.3 is 6.18 Å². The molecule has 7 nitrogen and oxygen atoms in total. The lowest BCUT2D eigenvalue weighted by molar-refractivity contribution is -0.137. The lowest BCUT2D eigenvalue weighted by atomic mass is 10.1. The Hall–Kier alpha value is -4.34. The summed E-state index contributed by atoms with van der Waals surface area (Å²) in [5, 5.41) is 7.34. The topological polar surface area (TPSA) is 82.5 Å². The zero-order chi connectivity index (χ0) is 24.5. The summed E-state index contributed by atoms with van der Waals surface area (Å²) in [5.41, 5.74) is -0.987. The van der Waals surface area contributed by atoms with E-state index in [1.165, 1.54) is 14.2 Å². The van der Waals surface area contributed by atoms with Gasteiger partial charge in [0, 0.05) is 17.1 Å². The average Bonchev–Trinajstić information content (AvgIpc) is 2.84. The van der Waals surface area contributed by atoms with Crippen LogP contribution in [-0.4, -0.2) is 29.9 Å². The Balaban J connectivity index is 1.81. The van der Waals surface area contributed by atoms with Crippen LogP contribution in [0.4, 0.5) is 18.9 Å². The van der Waals surface area contributed by atoms with Gasteiger partial charge < -0.3 is 14.8 Å². The fourth-order valence-electron chi connectivity index (χ4n) is 3.41. The first-order valence-corrected chi connectivity index (χ1v) is 9.96. The van der Waals surface area contributed by atoms with E-state index in [-0.39, 0.29) is 22.5 Å². The molecule has 0 bridgehead atoms. The largest absolute Gasteiger partial charge is 0.497 e. The van der Waals surface area contributed by atoms with Gasteiger partial charge in [-0.1, -0.05) is 18.2 Å². The van der Waals surface area contributed by atoms with Gasteiger partial charge in [-0.05, 0) is 42.5 Å². The molecule has 34 heavy (non-hydrogen) atoms. The van der Waals surface area contributed by atoms with Crippen molar-refractivity contribution in [2.45, 2.75) is 6.18 Å². The highest BCUT2D eigenvalue weighted by atomic mass is 19.4. The molecule has 0 spiro atoms. The summed E-state index contributed by atoms with van der Waals surface area (Å²) in [6.07, 6.45) is -4.49. The summed E-state index contributed by atoms with van der Waals surface area (Å²) < 4.78 is 50.1. The minimum Gasteiger partial charge on any atom is -0.497 e. The number of carbonyl (C=O) groups is 1. The van der Waals surface area contributed by atoms with Gasteiger partial charge in [0.15, 0.2) is 5.69 Å². The van der Waals surface area contributed by atoms with Crippen LogP contribution in [0.5, 0.6) is 11.5 Å². The molecule has 174 valence electrons. The molecule has 0 saturated heterocycles. The number of aromatic nitrogens is 2. The normalized spacial score (nSPS) is 11.3. The molecule has 1 amide bonds. The first-order valence-electron chi connectivity index (χ1n) is 9.96. The molecule has 4 aromatic rings. The first-order chi connectivity index (χ1) is 16.2. The molecule has 4 rings (SSSR count). The maximum atomic E-state index is 13.2. The van der Waals surface area contributed by atoms with Crippen LogP contribution < -0.4 is 20.3 Å². The Kier molecular flexibility index (Phi) is 5.97. The molecule has 0 fully saturated rings. The predicted molar refractivity (Wildman–Crippen MR) is 120 cm³/mol. The van der Waals surface area contributed by atoms with Crippen LogP contribution in [0.25, 0.3) is 16.5 Å². The molecule has 0 atom stereocenters. The van der Waals surface area contributed by atoms with Gasteiger partial charge in [0.2, 0.25) is 0 Å². The number of hydrogen-bond acceptors (Lipinski definition) is 5. The van der Waals surface area contributed by atoms with Crippen molar-refractivity contribution in [1.82, 2.24) is 9.78 Å². The molecule has 1 heterocycles. The molecule has 0 unspecified atom stereocenters. The van der Waals surface area contributed by atoms with Crippen LogP contribution >= 0.6 is 0 Å². The first kappa shape index (κ1) is 22.8. The molecule has 0 saturated carbocycles. The minimum atomic E-state index is -4.49. The second kappa shape index (κ2) is 8.89. The van der Waals surface area contributed by atoms with Crippen LogP contribution in [-0.2, 0) is 6.18 Å². The number of nitrogens with one attached hydrogen (secondary N) is 1. The summed E-state index contributed by atoms with van der Waals surface area (Å²) in [5.74, 6) is 0.0882. The fraction of sp³-hybridized carbons (Fsp3) is 0.125. The number of fused-ring (bicyclic) bond motifs is 1. The lowest BCUT2D eigenvalue weighted by Gasteiger charge is -2.14. The Bertz CT molecular complexity index is 1430. The molecule has 1 aromatic heterocycles. The standard InChI is InChI=1S/C24H18F3N3O4/c1-33-16-11-12-19(20(13-16)34-2)30-23(32)18-6-4-3-5-17(18)21(29-30)22(31)28-15-9-7-14(8-10-15)24(25,26)27/h3-13H,1-2H3,(H,28,31). The van der Waals surface area contributed by atoms with E-state index in [2.05, 4.69) is 10.4 Å². The molecular weight excluding hydrogens is 451 g/mol. The van der Waals surface area contributed by atoms with Crippen molar-refractivity contribution in [3.05, 3.63) is 88.3 Å². The number of benzene rings is 3. The number of ether oxygens (including phenoxy) is 2. The van der Waals surface area contributed by atoms with Crippen LogP contribution in [0.1, 0.15) is 16.1 Å². The predicted octanol–water partition coefficient (Wildman–Crippen LogP) is 4.67. The fourth-order valence-corrected chi connectivity index (χ4v) is 3.41. The molecule has 0 radical (unpaired) electrons. The molecule has 3 aromatic carbocycles. The summed E-state index contributed by atoms with van der Waals surface area (Å²) in [6.45, 7) is 0. The van der Waals surface area contributed by atoms with Gasteiger partial charge in [0.1, 0.15) is 17.2 Å². The van der Waals surface area contributed by atoms with Gasteiger partial charge in [0.05, 0.1) is 25.2 Å². The number of amides is 1. The van der Waals surface area contributed by atoms with Crippen molar-refractivity contribution in [3.63, 3.8) is 0 Å². The number of methoxy groups -OCH3 is 2. The number of carbonyl (C=O) groups excluding carboxylic acids is 1. The van der Waals surface area contributed by atoms with Crippen LogP contribution in [0.3, 0.4) is 0 Å². The molecule has 0 aliphatic carbocycles. The third-order valence-electron chi connectivity index (χ3n) is 5.11. The number of alkyl halides is 3. The quantitative estimate of drug-likeness (QED) is 0.459. The Morgan fingerprint density at radius 2 is 1.62 bits per heavy atom. The van der Waals surface area contributed by atoms with Gasteiger partial charge in [0.25, 0.3) is 11.5 Å². The Morgan fingerprint density at radius 1 is 0.941 bits per heavy atom. The molecular formula is C24H18F3N3O4. The number of rotatable bonds is 5. The SMILES string of the molecule is COc1ccc(-n2nc(C(=O)Nc3ccc(C(F)(F)F)cc3)c3ccccc3c2=O)c(OC)c1. The second-order valence-corrected chi connectivity index (χ2v) is 7.18. The van der Waals surface area contributed by atoms with Crippen molar-refractivity contribution in [2.75, 3.05) is 19.5 Å². The van der Waals surface area contributed by atoms with E-state index in [1.54, 1.807) is 42.5 Å². The third-order valence-corrected chi connectivity index (χ3v) is 5.11. The van der Waals surface area contributed by atoms with Crippen molar-refractivity contribution in [3.8, 4) is 17.2 Å². The Labute approximate surface area is 191 Å². The van der Waals surface area contributed by atoms with Crippen LogP contribution in [0, 0.1) is 0 Å².